The number of sulfone groups is 1. The van der Waals surface area contributed by atoms with Crippen molar-refractivity contribution in [3.05, 3.63) is 24.3 Å². The number of alkyl halides is 6. The molecule has 0 aliphatic rings. The van der Waals surface area contributed by atoms with Crippen molar-refractivity contribution in [2.75, 3.05) is 0 Å². The van der Waals surface area contributed by atoms with Crippen LogP contribution >= 0.6 is 0 Å². The Balaban J connectivity index is 3.34. The van der Waals surface area contributed by atoms with E-state index in [4.69, 9.17) is 0 Å². The summed E-state index contributed by atoms with van der Waals surface area (Å²) in [5, 5.41) is 0. The Kier molecular flexibility index (Phi) is 4.82. The lowest BCUT2D eigenvalue weighted by Gasteiger charge is -2.10. The van der Waals surface area contributed by atoms with Crippen LogP contribution in [-0.4, -0.2) is 33.6 Å². The molecule has 124 valence electrons. The molecule has 0 aliphatic heterocycles. The summed E-state index contributed by atoms with van der Waals surface area (Å²) < 4.78 is 118. The fourth-order valence-corrected chi connectivity index (χ4v) is 3.47. The lowest BCUT2D eigenvalue weighted by molar-refractivity contribution is -0.274. The van der Waals surface area contributed by atoms with Crippen LogP contribution in [0.1, 0.15) is 0 Å². The minimum atomic E-state index is -5.69. The van der Waals surface area contributed by atoms with Crippen molar-refractivity contribution in [3.8, 4) is 5.75 Å². The Labute approximate surface area is 120 Å². The zero-order valence-corrected chi connectivity index (χ0v) is 11.6. The van der Waals surface area contributed by atoms with E-state index in [1.54, 1.807) is 0 Å². The molecule has 0 spiro atoms. The van der Waals surface area contributed by atoms with Gasteiger partial charge in [0.2, 0.25) is 20.1 Å². The molecule has 0 saturated carbocycles. The van der Waals surface area contributed by atoms with Crippen molar-refractivity contribution < 1.29 is 47.9 Å². The fourth-order valence-electron chi connectivity index (χ4n) is 1.26. The maximum Gasteiger partial charge on any atom is 0.573 e. The summed E-state index contributed by atoms with van der Waals surface area (Å²) in [6, 6.07) is 1.58. The number of halogens is 6. The van der Waals surface area contributed by atoms with Gasteiger partial charge in [0.1, 0.15) is 5.75 Å². The van der Waals surface area contributed by atoms with E-state index in [0.717, 1.165) is 0 Å². The molecule has 0 radical (unpaired) electrons. The second-order valence-electron chi connectivity index (χ2n) is 3.54. The van der Waals surface area contributed by atoms with Gasteiger partial charge in [0.15, 0.2) is 0 Å². The summed E-state index contributed by atoms with van der Waals surface area (Å²) in [6.45, 7) is 0. The maximum absolute atomic E-state index is 12.5. The van der Waals surface area contributed by atoms with Gasteiger partial charge in [-0.25, -0.2) is 8.42 Å². The Morgan fingerprint density at radius 3 is 1.73 bits per heavy atom. The van der Waals surface area contributed by atoms with Crippen LogP contribution in [0.4, 0.5) is 26.3 Å². The molecule has 1 aromatic carbocycles. The Bertz CT molecular complexity index is 778. The van der Waals surface area contributed by atoms with Crippen molar-refractivity contribution in [2.45, 2.75) is 17.4 Å². The molecule has 0 aliphatic carbocycles. The highest BCUT2D eigenvalue weighted by atomic mass is 32.2. The van der Waals surface area contributed by atoms with Crippen LogP contribution in [0.2, 0.25) is 0 Å². The van der Waals surface area contributed by atoms with Crippen LogP contribution in [0.3, 0.4) is 0 Å². The quantitative estimate of drug-likeness (QED) is 0.587. The normalized spacial score (nSPS) is 12.8. The van der Waals surface area contributed by atoms with Crippen LogP contribution in [0.5, 0.6) is 5.75 Å². The monoisotopic (exact) mass is 370 g/mol. The van der Waals surface area contributed by atoms with Crippen molar-refractivity contribution >= 4 is 24.3 Å². The van der Waals surface area contributed by atoms with Crippen LogP contribution in [-0.2, 0) is 20.1 Å². The topological polar surface area (TPSA) is 77.5 Å². The van der Waals surface area contributed by atoms with Crippen LogP contribution in [0, 0.1) is 0 Å². The van der Waals surface area contributed by atoms with Gasteiger partial charge in [-0.3, -0.25) is 0 Å². The highest BCUT2D eigenvalue weighted by Crippen LogP contribution is 2.28. The molecule has 0 atom stereocenters. The molecule has 0 unspecified atom stereocenters. The van der Waals surface area contributed by atoms with Gasteiger partial charge in [-0.05, 0) is 24.3 Å². The predicted octanol–water partition coefficient (Wildman–Crippen LogP) is 1.93. The number of hydrogen-bond acceptors (Lipinski definition) is 5. The first-order valence-corrected chi connectivity index (χ1v) is 7.45. The summed E-state index contributed by atoms with van der Waals surface area (Å²) in [6.07, 6.45) is -10.8. The standard InChI is InChI=1S/C9H4F6O5S2/c10-8(11,12)7(21(16)17)22(18,19)6-3-1-5(2-4-6)20-9(13,14)15/h1-4H. The molecule has 0 fully saturated rings. The predicted molar refractivity (Wildman–Crippen MR) is 60.3 cm³/mol. The lowest BCUT2D eigenvalue weighted by Crippen LogP contribution is -2.32. The van der Waals surface area contributed by atoms with Gasteiger partial charge in [-0.15, -0.1) is 13.2 Å². The summed E-state index contributed by atoms with van der Waals surface area (Å²) >= 11 is 0. The van der Waals surface area contributed by atoms with Gasteiger partial charge >= 0.3 is 12.5 Å². The first kappa shape index (κ1) is 18.3. The van der Waals surface area contributed by atoms with E-state index in [-0.39, 0.29) is 0 Å². The SMILES string of the molecule is O=S(=O)=C(C(F)(F)F)S(=O)(=O)c1ccc(OC(F)(F)F)cc1. The molecular weight excluding hydrogens is 366 g/mol. The van der Waals surface area contributed by atoms with Gasteiger partial charge in [0, 0.05) is 0 Å². The highest BCUT2D eigenvalue weighted by molar-refractivity contribution is 8.15. The molecule has 0 N–H and O–H groups in total. The molecule has 0 aromatic heterocycles. The molecule has 0 bridgehead atoms. The maximum atomic E-state index is 12.5. The van der Waals surface area contributed by atoms with Gasteiger partial charge in [-0.1, -0.05) is 0 Å². The van der Waals surface area contributed by atoms with Crippen LogP contribution in [0.15, 0.2) is 29.2 Å². The Morgan fingerprint density at radius 2 is 1.41 bits per heavy atom. The van der Waals surface area contributed by atoms with Crippen molar-refractivity contribution in [1.29, 1.82) is 0 Å². The number of benzene rings is 1. The summed E-state index contributed by atoms with van der Waals surface area (Å²) in [7, 11) is -9.60. The van der Waals surface area contributed by atoms with E-state index in [9.17, 15) is 43.2 Å². The van der Waals surface area contributed by atoms with Crippen molar-refractivity contribution in [2.24, 2.45) is 0 Å². The number of rotatable bonds is 2. The van der Waals surface area contributed by atoms with Crippen molar-refractivity contribution in [1.82, 2.24) is 0 Å². The summed E-state index contributed by atoms with van der Waals surface area (Å²) in [5.74, 6) is -0.886. The second-order valence-corrected chi connectivity index (χ2v) is 6.57. The van der Waals surface area contributed by atoms with Crippen LogP contribution < -0.4 is 4.74 Å². The third-order valence-electron chi connectivity index (χ3n) is 1.99. The van der Waals surface area contributed by atoms with Gasteiger partial charge in [0.05, 0.1) is 4.90 Å². The fraction of sp³-hybridized carbons (Fsp3) is 0.222. The molecule has 5 nitrogen and oxygen atoms in total. The lowest BCUT2D eigenvalue weighted by atomic mass is 10.3. The van der Waals surface area contributed by atoms with Gasteiger partial charge < -0.3 is 4.74 Å². The Hall–Kier alpha value is -1.76. The summed E-state index contributed by atoms with van der Waals surface area (Å²) in [4.78, 5) is -1.15. The molecule has 0 amide bonds. The second kappa shape index (κ2) is 5.79. The average Bonchev–Trinajstić information content (AvgIpc) is 2.23. The van der Waals surface area contributed by atoms with Crippen molar-refractivity contribution in [3.63, 3.8) is 0 Å². The zero-order chi connectivity index (χ0) is 17.3. The van der Waals surface area contributed by atoms with Crippen LogP contribution in [0.25, 0.3) is 0 Å². The molecule has 1 rings (SSSR count). The van der Waals surface area contributed by atoms with E-state index in [2.05, 4.69) is 4.74 Å². The highest BCUT2D eigenvalue weighted by Gasteiger charge is 2.47. The van der Waals surface area contributed by atoms with Gasteiger partial charge in [0.25, 0.3) is 4.20 Å². The molecule has 0 saturated heterocycles. The van der Waals surface area contributed by atoms with E-state index < -0.39 is 47.5 Å². The molecule has 0 heterocycles. The minimum absolute atomic E-state index is 0.356. The van der Waals surface area contributed by atoms with E-state index in [1.807, 2.05) is 0 Å². The average molecular weight is 370 g/mol. The largest absolute Gasteiger partial charge is 0.573 e. The first-order valence-electron chi connectivity index (χ1n) is 4.89. The number of hydrogen-bond donors (Lipinski definition) is 0. The van der Waals surface area contributed by atoms with E-state index >= 15 is 0 Å². The Morgan fingerprint density at radius 1 is 0.955 bits per heavy atom. The molecular formula is C9H4F6O5S2. The number of ether oxygens (including phenoxy) is 1. The summed E-state index contributed by atoms with van der Waals surface area (Å²) in [5.41, 5.74) is 0. The smallest absolute Gasteiger partial charge is 0.406 e. The van der Waals surface area contributed by atoms with E-state index in [1.165, 1.54) is 0 Å². The molecule has 22 heavy (non-hydrogen) atoms. The third kappa shape index (κ3) is 4.37. The zero-order valence-electron chi connectivity index (χ0n) is 9.93. The molecule has 13 heteroatoms. The molecule has 1 aromatic rings. The van der Waals surface area contributed by atoms with E-state index in [0.29, 0.717) is 24.3 Å². The first-order chi connectivity index (χ1) is 9.75. The third-order valence-corrected chi connectivity index (χ3v) is 5.21. The van der Waals surface area contributed by atoms with Gasteiger partial charge in [-0.2, -0.15) is 21.6 Å². The minimum Gasteiger partial charge on any atom is -0.406 e.